The van der Waals surface area contributed by atoms with Crippen LogP contribution in [0.1, 0.15) is 71.6 Å². The number of fused-ring (bicyclic) bond motifs is 5. The Labute approximate surface area is 146 Å². The number of aliphatic hydroxyl groups excluding tert-OH is 1. The van der Waals surface area contributed by atoms with Gasteiger partial charge in [0, 0.05) is 12.8 Å². The molecule has 3 heteroatoms. The molecule has 1 spiro atoms. The Kier molecular flexibility index (Phi) is 3.49. The average molecular weight is 335 g/mol. The van der Waals surface area contributed by atoms with E-state index in [9.17, 15) is 5.11 Å². The van der Waals surface area contributed by atoms with E-state index in [1.807, 2.05) is 0 Å². The van der Waals surface area contributed by atoms with Gasteiger partial charge in [-0.2, -0.15) is 0 Å². The highest BCUT2D eigenvalue weighted by molar-refractivity contribution is 5.10. The summed E-state index contributed by atoms with van der Waals surface area (Å²) in [5, 5.41) is 10.6. The SMILES string of the molecule is C[C@]12CC3(CC[C@@H]1CC[C@@H]1[C@@H]2CC[C@]2(C)[C@H](O)CC[C@@H]12)OCCO3. The van der Waals surface area contributed by atoms with Gasteiger partial charge >= 0.3 is 0 Å². The maximum absolute atomic E-state index is 10.6. The summed E-state index contributed by atoms with van der Waals surface area (Å²) in [6.07, 6.45) is 11.0. The highest BCUT2D eigenvalue weighted by Crippen LogP contribution is 2.67. The summed E-state index contributed by atoms with van der Waals surface area (Å²) in [6.45, 7) is 6.50. The fourth-order valence-corrected chi connectivity index (χ4v) is 8.06. The van der Waals surface area contributed by atoms with Gasteiger partial charge in [-0.3, -0.25) is 0 Å². The van der Waals surface area contributed by atoms with Crippen LogP contribution < -0.4 is 0 Å². The van der Waals surface area contributed by atoms with Gasteiger partial charge in [-0.15, -0.1) is 0 Å². The first-order chi connectivity index (χ1) is 11.5. The van der Waals surface area contributed by atoms with E-state index in [-0.39, 0.29) is 17.3 Å². The molecule has 5 aliphatic rings. The third-order valence-corrected chi connectivity index (χ3v) is 9.35. The maximum atomic E-state index is 10.6. The van der Waals surface area contributed by atoms with E-state index in [1.54, 1.807) is 0 Å². The van der Waals surface area contributed by atoms with Crippen molar-refractivity contribution in [3.05, 3.63) is 0 Å². The first-order valence-corrected chi connectivity index (χ1v) is 10.4. The zero-order valence-electron chi connectivity index (χ0n) is 15.4. The molecule has 136 valence electrons. The first kappa shape index (κ1) is 16.1. The second-order valence-electron chi connectivity index (χ2n) is 10.1. The van der Waals surface area contributed by atoms with Gasteiger partial charge < -0.3 is 14.6 Å². The lowest BCUT2D eigenvalue weighted by Crippen LogP contribution is -2.57. The molecule has 1 heterocycles. The molecule has 5 fully saturated rings. The lowest BCUT2D eigenvalue weighted by Gasteiger charge is -2.62. The van der Waals surface area contributed by atoms with E-state index >= 15 is 0 Å². The normalized spacial score (nSPS) is 55.9. The second-order valence-corrected chi connectivity index (χ2v) is 10.1. The average Bonchev–Trinajstić information content (AvgIpc) is 3.12. The smallest absolute Gasteiger partial charge is 0.169 e. The van der Waals surface area contributed by atoms with Gasteiger partial charge in [0.2, 0.25) is 0 Å². The summed E-state index contributed by atoms with van der Waals surface area (Å²) >= 11 is 0. The monoisotopic (exact) mass is 334 g/mol. The Morgan fingerprint density at radius 1 is 0.792 bits per heavy atom. The molecule has 1 saturated heterocycles. The Morgan fingerprint density at radius 2 is 1.54 bits per heavy atom. The fraction of sp³-hybridized carbons (Fsp3) is 1.00. The topological polar surface area (TPSA) is 38.7 Å². The number of ether oxygens (including phenoxy) is 2. The minimum Gasteiger partial charge on any atom is -0.393 e. The first-order valence-electron chi connectivity index (χ1n) is 10.4. The zero-order valence-corrected chi connectivity index (χ0v) is 15.4. The summed E-state index contributed by atoms with van der Waals surface area (Å²) in [5.41, 5.74) is 0.567. The van der Waals surface area contributed by atoms with Crippen molar-refractivity contribution in [1.29, 1.82) is 0 Å². The molecule has 7 atom stereocenters. The molecule has 0 bridgehead atoms. The van der Waals surface area contributed by atoms with Crippen LogP contribution >= 0.6 is 0 Å². The molecule has 24 heavy (non-hydrogen) atoms. The Balaban J connectivity index is 1.46. The van der Waals surface area contributed by atoms with Crippen LogP contribution in [0.4, 0.5) is 0 Å². The maximum Gasteiger partial charge on any atom is 0.169 e. The summed E-state index contributed by atoms with van der Waals surface area (Å²) in [6, 6.07) is 0. The predicted octanol–water partition coefficient (Wildman–Crippen LogP) is 4.13. The molecule has 4 aliphatic carbocycles. The van der Waals surface area contributed by atoms with Crippen LogP contribution in [0.15, 0.2) is 0 Å². The molecule has 5 rings (SSSR count). The molecule has 0 radical (unpaired) electrons. The molecule has 3 nitrogen and oxygen atoms in total. The van der Waals surface area contributed by atoms with E-state index < -0.39 is 0 Å². The summed E-state index contributed by atoms with van der Waals surface area (Å²) < 4.78 is 12.3. The molecule has 4 saturated carbocycles. The Hall–Kier alpha value is -0.120. The van der Waals surface area contributed by atoms with Gasteiger partial charge in [-0.25, -0.2) is 0 Å². The third kappa shape index (κ3) is 2.01. The lowest BCUT2D eigenvalue weighted by atomic mass is 9.44. The van der Waals surface area contributed by atoms with E-state index in [1.165, 1.54) is 38.5 Å². The molecule has 0 aromatic heterocycles. The van der Waals surface area contributed by atoms with Crippen molar-refractivity contribution in [2.45, 2.75) is 83.5 Å². The number of aliphatic hydroxyl groups is 1. The molecule has 0 amide bonds. The summed E-state index contributed by atoms with van der Waals surface area (Å²) in [7, 11) is 0. The molecule has 1 N–H and O–H groups in total. The zero-order chi connectivity index (χ0) is 16.6. The van der Waals surface area contributed by atoms with Crippen LogP contribution in [-0.2, 0) is 9.47 Å². The highest BCUT2D eigenvalue weighted by Gasteiger charge is 2.62. The van der Waals surface area contributed by atoms with Gasteiger partial charge in [0.25, 0.3) is 0 Å². The molecular weight excluding hydrogens is 300 g/mol. The predicted molar refractivity (Wildman–Crippen MR) is 92.4 cm³/mol. The number of hydrogen-bond acceptors (Lipinski definition) is 3. The summed E-state index contributed by atoms with van der Waals surface area (Å²) in [4.78, 5) is 0. The molecule has 0 aromatic rings. The fourth-order valence-electron chi connectivity index (χ4n) is 8.06. The standard InChI is InChI=1S/C21H34O3/c1-19-9-8-17-15(16(19)5-6-18(19)22)4-3-14-7-10-21(13-20(14,17)2)23-11-12-24-21/h14-18,22H,3-13H2,1-2H3/t14-,15-,16-,17-,18+,19-,20-/m0/s1. The molecule has 1 aliphatic heterocycles. The van der Waals surface area contributed by atoms with Gasteiger partial charge in [-0.05, 0) is 79.4 Å². The third-order valence-electron chi connectivity index (χ3n) is 9.35. The van der Waals surface area contributed by atoms with Gasteiger partial charge in [0.15, 0.2) is 5.79 Å². The molecule has 0 aromatic carbocycles. The van der Waals surface area contributed by atoms with Crippen LogP contribution in [0.5, 0.6) is 0 Å². The Bertz CT molecular complexity index is 513. The highest BCUT2D eigenvalue weighted by atomic mass is 16.7. The van der Waals surface area contributed by atoms with Crippen molar-refractivity contribution in [2.24, 2.45) is 34.5 Å². The van der Waals surface area contributed by atoms with Crippen LogP contribution in [0.3, 0.4) is 0 Å². The van der Waals surface area contributed by atoms with E-state index in [0.717, 1.165) is 56.1 Å². The van der Waals surface area contributed by atoms with Gasteiger partial charge in [-0.1, -0.05) is 13.8 Å². The Morgan fingerprint density at radius 3 is 2.33 bits per heavy atom. The van der Waals surface area contributed by atoms with E-state index in [0.29, 0.717) is 5.41 Å². The second kappa shape index (κ2) is 5.20. The lowest BCUT2D eigenvalue weighted by molar-refractivity contribution is -0.239. The summed E-state index contributed by atoms with van der Waals surface area (Å²) in [5.74, 6) is 2.96. The van der Waals surface area contributed by atoms with Crippen LogP contribution in [-0.4, -0.2) is 30.2 Å². The van der Waals surface area contributed by atoms with Gasteiger partial charge in [0.05, 0.1) is 19.3 Å². The van der Waals surface area contributed by atoms with Crippen molar-refractivity contribution in [2.75, 3.05) is 13.2 Å². The number of hydrogen-bond donors (Lipinski definition) is 1. The van der Waals surface area contributed by atoms with Crippen molar-refractivity contribution in [3.8, 4) is 0 Å². The minimum atomic E-state index is -0.261. The van der Waals surface area contributed by atoms with Crippen LogP contribution in [0.25, 0.3) is 0 Å². The quantitative estimate of drug-likeness (QED) is 0.724. The minimum absolute atomic E-state index is 0.0619. The van der Waals surface area contributed by atoms with Crippen molar-refractivity contribution in [3.63, 3.8) is 0 Å². The van der Waals surface area contributed by atoms with Crippen molar-refractivity contribution >= 4 is 0 Å². The molecular formula is C21H34O3. The van der Waals surface area contributed by atoms with Crippen molar-refractivity contribution in [1.82, 2.24) is 0 Å². The van der Waals surface area contributed by atoms with E-state index in [4.69, 9.17) is 9.47 Å². The van der Waals surface area contributed by atoms with Gasteiger partial charge in [0.1, 0.15) is 0 Å². The van der Waals surface area contributed by atoms with Crippen LogP contribution in [0.2, 0.25) is 0 Å². The van der Waals surface area contributed by atoms with Crippen molar-refractivity contribution < 1.29 is 14.6 Å². The number of rotatable bonds is 0. The molecule has 0 unspecified atom stereocenters. The van der Waals surface area contributed by atoms with Crippen LogP contribution in [0, 0.1) is 34.5 Å². The van der Waals surface area contributed by atoms with E-state index in [2.05, 4.69) is 13.8 Å². The largest absolute Gasteiger partial charge is 0.393 e.